The lowest BCUT2D eigenvalue weighted by atomic mass is 10.4. The van der Waals surface area contributed by atoms with Gasteiger partial charge in [-0.15, -0.1) is 0 Å². The molecule has 0 aliphatic rings. The topological polar surface area (TPSA) is 82.5 Å². The number of hydrogen-bond donors (Lipinski definition) is 2. The highest BCUT2D eigenvalue weighted by Gasteiger charge is 2.26. The number of aromatic nitrogens is 1. The van der Waals surface area contributed by atoms with Gasteiger partial charge < -0.3 is 10.4 Å². The maximum Gasteiger partial charge on any atom is 0.246 e. The predicted molar refractivity (Wildman–Crippen MR) is 82.2 cm³/mol. The fraction of sp³-hybridized carbons (Fsp3) is 0.583. The first-order chi connectivity index (χ1) is 9.28. The summed E-state index contributed by atoms with van der Waals surface area (Å²) in [5.41, 5.74) is 0. The number of halogens is 1. The number of rotatable bonds is 7. The average molecular weight is 366 g/mol. The van der Waals surface area contributed by atoms with Gasteiger partial charge in [-0.25, -0.2) is 13.4 Å². The number of sulfonamides is 1. The molecule has 0 saturated carbocycles. The van der Waals surface area contributed by atoms with E-state index in [1.165, 1.54) is 13.1 Å². The standard InChI is InChI=1S/C12H20BrN3O3S/c1-4-5-14-12-11(6-10(13)7-15-12)20(18,19)16(3)8-9(2)17/h6-7,9,17H,4-5,8H2,1-3H3,(H,14,15). The smallest absolute Gasteiger partial charge is 0.246 e. The molecule has 0 amide bonds. The van der Waals surface area contributed by atoms with Gasteiger partial charge in [-0.05, 0) is 35.3 Å². The molecule has 0 bridgehead atoms. The van der Waals surface area contributed by atoms with Gasteiger partial charge >= 0.3 is 0 Å². The second-order valence-electron chi connectivity index (χ2n) is 4.56. The molecule has 0 aliphatic heterocycles. The Kier molecular flexibility index (Phi) is 6.38. The van der Waals surface area contributed by atoms with Crippen LogP contribution < -0.4 is 5.32 Å². The molecule has 1 unspecified atom stereocenters. The van der Waals surface area contributed by atoms with E-state index < -0.39 is 16.1 Å². The molecule has 1 aromatic heterocycles. The SMILES string of the molecule is CCCNc1ncc(Br)cc1S(=O)(=O)N(C)CC(C)O. The van der Waals surface area contributed by atoms with Crippen molar-refractivity contribution >= 4 is 31.8 Å². The summed E-state index contributed by atoms with van der Waals surface area (Å²) in [6, 6.07) is 1.51. The lowest BCUT2D eigenvalue weighted by Crippen LogP contribution is -2.33. The van der Waals surface area contributed by atoms with E-state index in [4.69, 9.17) is 0 Å². The van der Waals surface area contributed by atoms with E-state index >= 15 is 0 Å². The number of aliphatic hydroxyl groups is 1. The summed E-state index contributed by atoms with van der Waals surface area (Å²) in [5.74, 6) is 0.326. The first kappa shape index (κ1) is 17.4. The van der Waals surface area contributed by atoms with Crippen molar-refractivity contribution in [2.24, 2.45) is 0 Å². The Morgan fingerprint density at radius 3 is 2.75 bits per heavy atom. The van der Waals surface area contributed by atoms with Gasteiger partial charge in [0.15, 0.2) is 0 Å². The van der Waals surface area contributed by atoms with Gasteiger partial charge in [0.05, 0.1) is 6.10 Å². The zero-order valence-electron chi connectivity index (χ0n) is 11.8. The van der Waals surface area contributed by atoms with Gasteiger partial charge in [-0.3, -0.25) is 0 Å². The van der Waals surface area contributed by atoms with Crippen LogP contribution in [0.15, 0.2) is 21.6 Å². The molecule has 0 fully saturated rings. The molecule has 0 saturated heterocycles. The number of likely N-dealkylation sites (N-methyl/N-ethyl adjacent to an activating group) is 1. The minimum absolute atomic E-state index is 0.0298. The second kappa shape index (κ2) is 7.35. The van der Waals surface area contributed by atoms with Crippen molar-refractivity contribution in [3.8, 4) is 0 Å². The molecule has 0 spiro atoms. The molecule has 1 heterocycles. The Bertz CT molecular complexity index is 549. The lowest BCUT2D eigenvalue weighted by Gasteiger charge is -2.20. The van der Waals surface area contributed by atoms with Crippen molar-refractivity contribution in [1.82, 2.24) is 9.29 Å². The normalized spacial score (nSPS) is 13.5. The van der Waals surface area contributed by atoms with Crippen LogP contribution in [0.3, 0.4) is 0 Å². The van der Waals surface area contributed by atoms with Crippen LogP contribution in [-0.4, -0.2) is 49.1 Å². The molecule has 2 N–H and O–H groups in total. The first-order valence-corrected chi connectivity index (χ1v) is 8.56. The Morgan fingerprint density at radius 1 is 1.55 bits per heavy atom. The molecule has 20 heavy (non-hydrogen) atoms. The Hall–Kier alpha value is -0.700. The Labute approximate surface area is 128 Å². The van der Waals surface area contributed by atoms with Gasteiger partial charge in [-0.1, -0.05) is 6.92 Å². The van der Waals surface area contributed by atoms with Gasteiger partial charge in [0.1, 0.15) is 10.7 Å². The van der Waals surface area contributed by atoms with Gasteiger partial charge in [0.25, 0.3) is 0 Å². The first-order valence-electron chi connectivity index (χ1n) is 6.32. The highest BCUT2D eigenvalue weighted by Crippen LogP contribution is 2.25. The minimum atomic E-state index is -3.70. The summed E-state index contributed by atoms with van der Waals surface area (Å²) in [7, 11) is -2.26. The van der Waals surface area contributed by atoms with Gasteiger partial charge in [-0.2, -0.15) is 4.31 Å². The van der Waals surface area contributed by atoms with Gasteiger partial charge in [0.2, 0.25) is 10.0 Å². The van der Waals surface area contributed by atoms with E-state index in [0.29, 0.717) is 16.8 Å². The zero-order chi connectivity index (χ0) is 15.3. The van der Waals surface area contributed by atoms with Crippen LogP contribution in [0.1, 0.15) is 20.3 Å². The van der Waals surface area contributed by atoms with Crippen LogP contribution in [0.2, 0.25) is 0 Å². The number of pyridine rings is 1. The highest BCUT2D eigenvalue weighted by atomic mass is 79.9. The fourth-order valence-electron chi connectivity index (χ4n) is 1.63. The monoisotopic (exact) mass is 365 g/mol. The maximum atomic E-state index is 12.5. The predicted octanol–water partition coefficient (Wildman–Crippen LogP) is 1.67. The quantitative estimate of drug-likeness (QED) is 0.767. The fourth-order valence-corrected chi connectivity index (χ4v) is 3.51. The van der Waals surface area contributed by atoms with Crippen molar-refractivity contribution in [2.45, 2.75) is 31.3 Å². The van der Waals surface area contributed by atoms with E-state index in [-0.39, 0.29) is 11.4 Å². The van der Waals surface area contributed by atoms with Crippen molar-refractivity contribution in [2.75, 3.05) is 25.5 Å². The van der Waals surface area contributed by atoms with E-state index in [0.717, 1.165) is 10.7 Å². The number of anilines is 1. The van der Waals surface area contributed by atoms with Crippen LogP contribution in [0.25, 0.3) is 0 Å². The summed E-state index contributed by atoms with van der Waals surface area (Å²) in [6.45, 7) is 4.19. The molecule has 8 heteroatoms. The Balaban J connectivity index is 3.18. The largest absolute Gasteiger partial charge is 0.392 e. The van der Waals surface area contributed by atoms with Crippen molar-refractivity contribution in [1.29, 1.82) is 0 Å². The molecule has 1 aromatic rings. The number of hydrogen-bond acceptors (Lipinski definition) is 5. The molecule has 0 radical (unpaired) electrons. The van der Waals surface area contributed by atoms with Crippen LogP contribution in [-0.2, 0) is 10.0 Å². The Morgan fingerprint density at radius 2 is 2.20 bits per heavy atom. The summed E-state index contributed by atoms with van der Waals surface area (Å²) >= 11 is 3.23. The molecule has 1 rings (SSSR count). The third kappa shape index (κ3) is 4.41. The molecule has 114 valence electrons. The summed E-state index contributed by atoms with van der Waals surface area (Å²) in [4.78, 5) is 4.22. The second-order valence-corrected chi connectivity index (χ2v) is 7.49. The lowest BCUT2D eigenvalue weighted by molar-refractivity contribution is 0.171. The third-order valence-corrected chi connectivity index (χ3v) is 4.84. The third-order valence-electron chi connectivity index (χ3n) is 2.57. The average Bonchev–Trinajstić information content (AvgIpc) is 2.36. The zero-order valence-corrected chi connectivity index (χ0v) is 14.2. The molecule has 1 atom stereocenters. The minimum Gasteiger partial charge on any atom is -0.392 e. The summed E-state index contributed by atoms with van der Waals surface area (Å²) < 4.78 is 26.7. The number of aliphatic hydroxyl groups excluding tert-OH is 1. The summed E-state index contributed by atoms with van der Waals surface area (Å²) in [6.07, 6.45) is 1.67. The van der Waals surface area contributed by atoms with Crippen LogP contribution in [0, 0.1) is 0 Å². The molecule has 0 aliphatic carbocycles. The van der Waals surface area contributed by atoms with Gasteiger partial charge in [0, 0.05) is 30.8 Å². The maximum absolute atomic E-state index is 12.5. The van der Waals surface area contributed by atoms with E-state index in [9.17, 15) is 13.5 Å². The number of nitrogens with zero attached hydrogens (tertiary/aromatic N) is 2. The molecule has 6 nitrogen and oxygen atoms in total. The number of nitrogens with one attached hydrogen (secondary N) is 1. The van der Waals surface area contributed by atoms with Crippen molar-refractivity contribution in [3.05, 3.63) is 16.7 Å². The van der Waals surface area contributed by atoms with E-state index in [2.05, 4.69) is 26.2 Å². The van der Waals surface area contributed by atoms with Crippen LogP contribution >= 0.6 is 15.9 Å². The van der Waals surface area contributed by atoms with Crippen LogP contribution in [0.5, 0.6) is 0 Å². The van der Waals surface area contributed by atoms with Crippen LogP contribution in [0.4, 0.5) is 5.82 Å². The van der Waals surface area contributed by atoms with E-state index in [1.807, 2.05) is 6.92 Å². The van der Waals surface area contributed by atoms with Crippen molar-refractivity contribution in [3.63, 3.8) is 0 Å². The van der Waals surface area contributed by atoms with E-state index in [1.54, 1.807) is 13.1 Å². The summed E-state index contributed by atoms with van der Waals surface area (Å²) in [5, 5.41) is 12.4. The molecular formula is C12H20BrN3O3S. The highest BCUT2D eigenvalue weighted by molar-refractivity contribution is 9.10. The van der Waals surface area contributed by atoms with Crippen molar-refractivity contribution < 1.29 is 13.5 Å². The molecule has 0 aromatic carbocycles. The molecular weight excluding hydrogens is 346 g/mol.